The number of nitrogens with zero attached hydrogens (tertiary/aromatic N) is 1. The normalized spacial score (nSPS) is 14.1. The maximum absolute atomic E-state index is 12.9. The fraction of sp³-hybridized carbons (Fsp3) is 0.450. The molecule has 0 saturated heterocycles. The van der Waals surface area contributed by atoms with Crippen LogP contribution in [-0.2, 0) is 21.4 Å². The maximum atomic E-state index is 12.9. The van der Waals surface area contributed by atoms with Gasteiger partial charge < -0.3 is 14.6 Å². The van der Waals surface area contributed by atoms with Gasteiger partial charge in [0.1, 0.15) is 6.54 Å². The quantitative estimate of drug-likeness (QED) is 0.661. The van der Waals surface area contributed by atoms with Crippen molar-refractivity contribution in [3.8, 4) is 0 Å². The highest BCUT2D eigenvalue weighted by molar-refractivity contribution is 7.89. The van der Waals surface area contributed by atoms with Crippen LogP contribution in [0.25, 0.3) is 0 Å². The number of carbonyl (C=O) groups excluding carboxylic acids is 1. The number of nitrogens with one attached hydrogen (secondary N) is 2. The van der Waals surface area contributed by atoms with E-state index >= 15 is 0 Å². The first kappa shape index (κ1) is 22.1. The van der Waals surface area contributed by atoms with Crippen LogP contribution in [0.4, 0.5) is 5.69 Å². The molecule has 1 aromatic carbocycles. The summed E-state index contributed by atoms with van der Waals surface area (Å²) in [5, 5.41) is 2.84. The van der Waals surface area contributed by atoms with Crippen molar-refractivity contribution in [1.29, 1.82) is 0 Å². The minimum absolute atomic E-state index is 0.181. The van der Waals surface area contributed by atoms with E-state index in [9.17, 15) is 13.2 Å². The molecule has 0 aliphatic heterocycles. The van der Waals surface area contributed by atoms with Gasteiger partial charge in [-0.25, -0.2) is 8.42 Å². The summed E-state index contributed by atoms with van der Waals surface area (Å²) in [6.07, 6.45) is 1.61. The number of aryl methyl sites for hydroxylation is 1. The molecule has 28 heavy (non-hydrogen) atoms. The van der Waals surface area contributed by atoms with Crippen LogP contribution in [0.5, 0.6) is 0 Å². The van der Waals surface area contributed by atoms with Gasteiger partial charge in [-0.05, 0) is 43.7 Å². The van der Waals surface area contributed by atoms with Crippen molar-refractivity contribution in [1.82, 2.24) is 4.31 Å². The SMILES string of the molecule is CCN(CC)S(=O)(=O)c1cc(NC(=O)[C@H](C)[NH+](C)Cc2ccco2)ccc1C. The largest absolute Gasteiger partial charge is 0.463 e. The van der Waals surface area contributed by atoms with Crippen molar-refractivity contribution < 1.29 is 22.5 Å². The van der Waals surface area contributed by atoms with Crippen molar-refractivity contribution in [2.24, 2.45) is 0 Å². The highest BCUT2D eigenvalue weighted by Crippen LogP contribution is 2.23. The topological polar surface area (TPSA) is 84.1 Å². The molecule has 1 heterocycles. The lowest BCUT2D eigenvalue weighted by Gasteiger charge is -2.22. The minimum Gasteiger partial charge on any atom is -0.463 e. The lowest BCUT2D eigenvalue weighted by atomic mass is 10.2. The molecule has 0 aliphatic rings. The van der Waals surface area contributed by atoms with Crippen LogP contribution in [0, 0.1) is 6.92 Å². The molecule has 2 N–H and O–H groups in total. The number of hydrogen-bond donors (Lipinski definition) is 2. The van der Waals surface area contributed by atoms with E-state index in [2.05, 4.69) is 5.32 Å². The molecule has 0 fully saturated rings. The first-order chi connectivity index (χ1) is 13.2. The second-order valence-electron chi connectivity index (χ2n) is 6.88. The molecule has 7 nitrogen and oxygen atoms in total. The molecule has 2 aromatic rings. The first-order valence-corrected chi connectivity index (χ1v) is 10.9. The molecule has 2 rings (SSSR count). The molecule has 8 heteroatoms. The molecular weight excluding hydrogens is 378 g/mol. The number of benzene rings is 1. The monoisotopic (exact) mass is 408 g/mol. The van der Waals surface area contributed by atoms with Crippen molar-refractivity contribution in [3.05, 3.63) is 47.9 Å². The van der Waals surface area contributed by atoms with Gasteiger partial charge in [-0.15, -0.1) is 0 Å². The molecule has 0 spiro atoms. The number of quaternary nitrogens is 1. The summed E-state index contributed by atoms with van der Waals surface area (Å²) in [4.78, 5) is 13.8. The van der Waals surface area contributed by atoms with Crippen molar-refractivity contribution in [2.75, 3.05) is 25.5 Å². The number of rotatable bonds is 9. The molecule has 0 radical (unpaired) electrons. The number of furan rings is 1. The lowest BCUT2D eigenvalue weighted by molar-refractivity contribution is -0.908. The van der Waals surface area contributed by atoms with Crippen LogP contribution >= 0.6 is 0 Å². The van der Waals surface area contributed by atoms with Gasteiger partial charge in [-0.2, -0.15) is 4.31 Å². The molecule has 1 aromatic heterocycles. The van der Waals surface area contributed by atoms with E-state index < -0.39 is 10.0 Å². The third kappa shape index (κ3) is 5.01. The Hall–Kier alpha value is -2.16. The summed E-state index contributed by atoms with van der Waals surface area (Å²) in [6, 6.07) is 8.33. The zero-order valence-electron chi connectivity index (χ0n) is 17.2. The third-order valence-corrected chi connectivity index (χ3v) is 7.14. The van der Waals surface area contributed by atoms with Crippen LogP contribution < -0.4 is 10.2 Å². The van der Waals surface area contributed by atoms with Gasteiger partial charge in [-0.1, -0.05) is 19.9 Å². The summed E-state index contributed by atoms with van der Waals surface area (Å²) in [7, 11) is -1.68. The van der Waals surface area contributed by atoms with Gasteiger partial charge in [0, 0.05) is 18.8 Å². The molecule has 1 amide bonds. The first-order valence-electron chi connectivity index (χ1n) is 9.47. The average molecular weight is 409 g/mol. The van der Waals surface area contributed by atoms with Gasteiger partial charge in [0.05, 0.1) is 18.2 Å². The number of amides is 1. The highest BCUT2D eigenvalue weighted by Gasteiger charge is 2.26. The van der Waals surface area contributed by atoms with Gasteiger partial charge in [0.25, 0.3) is 5.91 Å². The van der Waals surface area contributed by atoms with Gasteiger partial charge in [-0.3, -0.25) is 4.79 Å². The fourth-order valence-corrected chi connectivity index (χ4v) is 4.68. The van der Waals surface area contributed by atoms with E-state index in [0.29, 0.717) is 30.9 Å². The predicted molar refractivity (Wildman–Crippen MR) is 109 cm³/mol. The van der Waals surface area contributed by atoms with Crippen molar-refractivity contribution >= 4 is 21.6 Å². The van der Waals surface area contributed by atoms with Gasteiger partial charge in [0.15, 0.2) is 11.8 Å². The Balaban J connectivity index is 2.17. The predicted octanol–water partition coefficient (Wildman–Crippen LogP) is 1.66. The van der Waals surface area contributed by atoms with Gasteiger partial charge >= 0.3 is 0 Å². The van der Waals surface area contributed by atoms with Crippen LogP contribution in [0.3, 0.4) is 0 Å². The Kier molecular flexibility index (Phi) is 7.40. The summed E-state index contributed by atoms with van der Waals surface area (Å²) in [6.45, 7) is 8.57. The summed E-state index contributed by atoms with van der Waals surface area (Å²) < 4.78 is 32.5. The maximum Gasteiger partial charge on any atom is 0.282 e. The molecule has 154 valence electrons. The van der Waals surface area contributed by atoms with E-state index in [0.717, 1.165) is 10.7 Å². The van der Waals surface area contributed by atoms with Crippen LogP contribution in [0.1, 0.15) is 32.1 Å². The van der Waals surface area contributed by atoms with E-state index in [1.54, 1.807) is 39.2 Å². The molecule has 2 atom stereocenters. The van der Waals surface area contributed by atoms with Crippen LogP contribution in [0.15, 0.2) is 45.9 Å². The second-order valence-corrected chi connectivity index (χ2v) is 8.79. The number of hydrogen-bond acceptors (Lipinski definition) is 4. The van der Waals surface area contributed by atoms with E-state index in [4.69, 9.17) is 4.42 Å². The molecule has 0 saturated carbocycles. The summed E-state index contributed by atoms with van der Waals surface area (Å²) in [5.74, 6) is 0.624. The molecule has 1 unspecified atom stereocenters. The zero-order chi connectivity index (χ0) is 20.9. The zero-order valence-corrected chi connectivity index (χ0v) is 18.0. The Morgan fingerprint density at radius 1 is 1.25 bits per heavy atom. The standard InChI is InChI=1S/C20H29N3O4S/c1-6-23(7-2)28(25,26)19-13-17(11-10-15(19)3)21-20(24)16(4)22(5)14-18-9-8-12-27-18/h8-13,16H,6-7,14H2,1-5H3,(H,21,24)/p+1/t16-/m0/s1. The minimum atomic E-state index is -3.60. The van der Waals surface area contributed by atoms with Crippen molar-refractivity contribution in [2.45, 2.75) is 45.2 Å². The summed E-state index contributed by atoms with van der Waals surface area (Å²) >= 11 is 0. The lowest BCUT2D eigenvalue weighted by Crippen LogP contribution is -3.12. The van der Waals surface area contributed by atoms with E-state index in [1.165, 1.54) is 10.4 Å². The molecule has 0 aliphatic carbocycles. The Morgan fingerprint density at radius 2 is 1.93 bits per heavy atom. The molecule has 0 bridgehead atoms. The Labute approximate surface area is 167 Å². The Morgan fingerprint density at radius 3 is 2.50 bits per heavy atom. The van der Waals surface area contributed by atoms with Gasteiger partial charge in [0.2, 0.25) is 10.0 Å². The van der Waals surface area contributed by atoms with E-state index in [-0.39, 0.29) is 16.8 Å². The Bertz CT molecular complexity index is 890. The highest BCUT2D eigenvalue weighted by atomic mass is 32.2. The molecular formula is C20H30N3O4S+. The third-order valence-electron chi connectivity index (χ3n) is 4.94. The smallest absolute Gasteiger partial charge is 0.282 e. The summed E-state index contributed by atoms with van der Waals surface area (Å²) in [5.41, 5.74) is 1.12. The average Bonchev–Trinajstić information content (AvgIpc) is 3.16. The van der Waals surface area contributed by atoms with Crippen molar-refractivity contribution in [3.63, 3.8) is 0 Å². The second kappa shape index (κ2) is 9.36. The number of anilines is 1. The number of carbonyl (C=O) groups is 1. The number of sulfonamides is 1. The fourth-order valence-electron chi connectivity index (χ4n) is 2.97. The van der Waals surface area contributed by atoms with Crippen LogP contribution in [0.2, 0.25) is 0 Å². The van der Waals surface area contributed by atoms with E-state index in [1.807, 2.05) is 26.1 Å². The number of likely N-dealkylation sites (N-methyl/N-ethyl adjacent to an activating group) is 1. The van der Waals surface area contributed by atoms with Crippen LogP contribution in [-0.4, -0.2) is 44.8 Å².